The Bertz CT molecular complexity index is 787. The molecular weight excluding hydrogens is 324 g/mol. The molecule has 0 spiro atoms. The quantitative estimate of drug-likeness (QED) is 0.878. The van der Waals surface area contributed by atoms with Crippen LogP contribution < -0.4 is 5.32 Å². The summed E-state index contributed by atoms with van der Waals surface area (Å²) in [4.78, 5) is 23.7. The molecule has 1 unspecified atom stereocenters. The van der Waals surface area contributed by atoms with Crippen molar-refractivity contribution in [3.63, 3.8) is 0 Å². The number of piperidine rings is 1. The average molecular weight is 352 g/mol. The van der Waals surface area contributed by atoms with E-state index < -0.39 is 0 Å². The molecule has 1 N–H and O–H groups in total. The fourth-order valence-corrected chi connectivity index (χ4v) is 3.53. The number of carbonyl (C=O) groups excluding carboxylic acids is 1. The second-order valence-electron chi connectivity index (χ2n) is 7.55. The minimum Gasteiger partial charge on any atom is -0.340 e. The maximum Gasteiger partial charge on any atom is 0.272 e. The first-order valence-corrected chi connectivity index (χ1v) is 9.45. The van der Waals surface area contributed by atoms with Crippen molar-refractivity contribution in [2.45, 2.75) is 46.5 Å². The van der Waals surface area contributed by atoms with Gasteiger partial charge in [0, 0.05) is 24.8 Å². The second kappa shape index (κ2) is 7.85. The van der Waals surface area contributed by atoms with E-state index in [0.717, 1.165) is 25.2 Å². The monoisotopic (exact) mass is 352 g/mol. The zero-order valence-corrected chi connectivity index (χ0v) is 16.1. The van der Waals surface area contributed by atoms with Crippen molar-refractivity contribution in [2.75, 3.05) is 18.4 Å². The Labute approximate surface area is 155 Å². The highest BCUT2D eigenvalue weighted by Gasteiger charge is 2.23. The van der Waals surface area contributed by atoms with E-state index in [-0.39, 0.29) is 5.91 Å². The molecule has 1 aromatic carbocycles. The maximum absolute atomic E-state index is 12.9. The molecule has 3 rings (SSSR count). The fourth-order valence-electron chi connectivity index (χ4n) is 3.53. The summed E-state index contributed by atoms with van der Waals surface area (Å²) in [6.45, 7) is 9.97. The van der Waals surface area contributed by atoms with Gasteiger partial charge in [0.1, 0.15) is 17.3 Å². The highest BCUT2D eigenvalue weighted by molar-refractivity contribution is 5.93. The first-order valence-electron chi connectivity index (χ1n) is 9.45. The van der Waals surface area contributed by atoms with Crippen LogP contribution >= 0.6 is 0 Å². The van der Waals surface area contributed by atoms with Crippen LogP contribution in [0.25, 0.3) is 0 Å². The Balaban J connectivity index is 1.85. The number of likely N-dealkylation sites (tertiary alicyclic amines) is 1. The highest BCUT2D eigenvalue weighted by Crippen LogP contribution is 2.26. The lowest BCUT2D eigenvalue weighted by Gasteiger charge is -2.30. The van der Waals surface area contributed by atoms with Crippen LogP contribution in [0.15, 0.2) is 30.3 Å². The largest absolute Gasteiger partial charge is 0.340 e. The van der Waals surface area contributed by atoms with E-state index in [9.17, 15) is 4.79 Å². The molecule has 0 aliphatic carbocycles. The Morgan fingerprint density at radius 1 is 1.27 bits per heavy atom. The number of rotatable bonds is 4. The Morgan fingerprint density at radius 2 is 2.04 bits per heavy atom. The number of hydrogen-bond acceptors (Lipinski definition) is 4. The van der Waals surface area contributed by atoms with Gasteiger partial charge in [0.05, 0.1) is 0 Å². The Kier molecular flexibility index (Phi) is 5.55. The number of hydrogen-bond donors (Lipinski definition) is 1. The van der Waals surface area contributed by atoms with Crippen LogP contribution in [0.2, 0.25) is 0 Å². The number of nitrogens with zero attached hydrogens (tertiary/aromatic N) is 3. The molecule has 26 heavy (non-hydrogen) atoms. The molecule has 1 aliphatic heterocycles. The van der Waals surface area contributed by atoms with Crippen LogP contribution in [0.4, 0.5) is 11.5 Å². The molecule has 2 aromatic rings. The van der Waals surface area contributed by atoms with E-state index in [1.165, 1.54) is 12.0 Å². The van der Waals surface area contributed by atoms with E-state index in [1.807, 2.05) is 30.0 Å². The van der Waals surface area contributed by atoms with E-state index in [4.69, 9.17) is 0 Å². The van der Waals surface area contributed by atoms with Gasteiger partial charge >= 0.3 is 0 Å². The zero-order chi connectivity index (χ0) is 18.7. The predicted octanol–water partition coefficient (Wildman–Crippen LogP) is 4.52. The molecule has 1 fully saturated rings. The number of aromatic nitrogens is 2. The van der Waals surface area contributed by atoms with Gasteiger partial charge in [0.25, 0.3) is 5.91 Å². The molecule has 1 atom stereocenters. The molecule has 0 saturated carbocycles. The highest BCUT2D eigenvalue weighted by atomic mass is 16.2. The molecule has 138 valence electrons. The normalized spacial score (nSPS) is 17.4. The van der Waals surface area contributed by atoms with Gasteiger partial charge in [-0.15, -0.1) is 0 Å². The van der Waals surface area contributed by atoms with Gasteiger partial charge in [-0.2, -0.15) is 0 Å². The van der Waals surface area contributed by atoms with Crippen molar-refractivity contribution in [3.05, 3.63) is 47.4 Å². The van der Waals surface area contributed by atoms with Crippen molar-refractivity contribution in [2.24, 2.45) is 5.92 Å². The number of aryl methyl sites for hydroxylation is 1. The molecule has 1 saturated heterocycles. The molecule has 2 heterocycles. The Morgan fingerprint density at radius 3 is 2.77 bits per heavy atom. The summed E-state index contributed by atoms with van der Waals surface area (Å²) >= 11 is 0. The lowest BCUT2D eigenvalue weighted by molar-refractivity contribution is 0.0676. The zero-order valence-electron chi connectivity index (χ0n) is 16.1. The first-order chi connectivity index (χ1) is 12.4. The molecule has 5 heteroatoms. The fraction of sp³-hybridized carbons (Fsp3) is 0.476. The third-order valence-electron chi connectivity index (χ3n) is 4.85. The van der Waals surface area contributed by atoms with Gasteiger partial charge in [0.2, 0.25) is 0 Å². The summed E-state index contributed by atoms with van der Waals surface area (Å²) in [5.41, 5.74) is 2.71. The third-order valence-corrected chi connectivity index (χ3v) is 4.85. The topological polar surface area (TPSA) is 58.1 Å². The van der Waals surface area contributed by atoms with Crippen LogP contribution in [0.5, 0.6) is 0 Å². The summed E-state index contributed by atoms with van der Waals surface area (Å²) in [5, 5.41) is 3.38. The van der Waals surface area contributed by atoms with Crippen LogP contribution in [-0.4, -0.2) is 33.9 Å². The van der Waals surface area contributed by atoms with Crippen molar-refractivity contribution >= 4 is 17.4 Å². The van der Waals surface area contributed by atoms with E-state index >= 15 is 0 Å². The standard InChI is InChI=1S/C21H28N4O/c1-14(2)17-9-5-6-10-18(17)24-20-12-19(22-16(4)23-20)21(26)25-11-7-8-15(3)13-25/h5-6,9-10,12,14-15H,7-8,11,13H2,1-4H3,(H,22,23,24). The van der Waals surface area contributed by atoms with Gasteiger partial charge in [-0.1, -0.05) is 39.0 Å². The minimum atomic E-state index is 0.00208. The van der Waals surface area contributed by atoms with Gasteiger partial charge in [0.15, 0.2) is 0 Å². The second-order valence-corrected chi connectivity index (χ2v) is 7.55. The lowest BCUT2D eigenvalue weighted by atomic mass is 10.00. The average Bonchev–Trinajstić information content (AvgIpc) is 2.61. The van der Waals surface area contributed by atoms with Crippen molar-refractivity contribution < 1.29 is 4.79 Å². The number of para-hydroxylation sites is 1. The van der Waals surface area contributed by atoms with E-state index in [0.29, 0.717) is 29.2 Å². The number of carbonyl (C=O) groups is 1. The van der Waals surface area contributed by atoms with Crippen LogP contribution in [0.1, 0.15) is 61.4 Å². The number of nitrogens with one attached hydrogen (secondary N) is 1. The maximum atomic E-state index is 12.9. The van der Waals surface area contributed by atoms with Crippen molar-refractivity contribution in [1.29, 1.82) is 0 Å². The Hall–Kier alpha value is -2.43. The summed E-state index contributed by atoms with van der Waals surface area (Å²) in [6.07, 6.45) is 2.25. The van der Waals surface area contributed by atoms with Gasteiger partial charge in [-0.25, -0.2) is 9.97 Å². The van der Waals surface area contributed by atoms with Crippen LogP contribution in [0.3, 0.4) is 0 Å². The molecule has 0 radical (unpaired) electrons. The SMILES string of the molecule is Cc1nc(Nc2ccccc2C(C)C)cc(C(=O)N2CCCC(C)C2)n1. The minimum absolute atomic E-state index is 0.00208. The van der Waals surface area contributed by atoms with Crippen molar-refractivity contribution in [1.82, 2.24) is 14.9 Å². The number of amides is 1. The van der Waals surface area contributed by atoms with Gasteiger partial charge in [-0.05, 0) is 43.2 Å². The first kappa shape index (κ1) is 18.4. The summed E-state index contributed by atoms with van der Waals surface area (Å²) in [7, 11) is 0. The molecule has 1 amide bonds. The van der Waals surface area contributed by atoms with Gasteiger partial charge < -0.3 is 10.2 Å². The molecule has 0 bridgehead atoms. The van der Waals surface area contributed by atoms with E-state index in [1.54, 1.807) is 6.07 Å². The van der Waals surface area contributed by atoms with Crippen LogP contribution in [-0.2, 0) is 0 Å². The predicted molar refractivity (Wildman–Crippen MR) is 105 cm³/mol. The number of anilines is 2. The molecule has 5 nitrogen and oxygen atoms in total. The summed E-state index contributed by atoms with van der Waals surface area (Å²) in [6, 6.07) is 9.97. The molecule has 1 aromatic heterocycles. The van der Waals surface area contributed by atoms with Gasteiger partial charge in [-0.3, -0.25) is 4.79 Å². The molecular formula is C21H28N4O. The third kappa shape index (κ3) is 4.21. The summed E-state index contributed by atoms with van der Waals surface area (Å²) < 4.78 is 0. The lowest BCUT2D eigenvalue weighted by Crippen LogP contribution is -2.39. The summed E-state index contributed by atoms with van der Waals surface area (Å²) in [5.74, 6) is 2.22. The smallest absolute Gasteiger partial charge is 0.272 e. The van der Waals surface area contributed by atoms with E-state index in [2.05, 4.69) is 42.1 Å². The number of benzene rings is 1. The molecule has 1 aliphatic rings. The van der Waals surface area contributed by atoms with Crippen molar-refractivity contribution in [3.8, 4) is 0 Å². The van der Waals surface area contributed by atoms with Crippen LogP contribution in [0, 0.1) is 12.8 Å².